The molecule has 0 spiro atoms. The third-order valence-electron chi connectivity index (χ3n) is 3.91. The van der Waals surface area contributed by atoms with Crippen LogP contribution in [0.25, 0.3) is 11.0 Å². The van der Waals surface area contributed by atoms with E-state index in [9.17, 15) is 0 Å². The molecule has 0 amide bonds. The summed E-state index contributed by atoms with van der Waals surface area (Å²) in [4.78, 5) is 14.9. The molecule has 1 N–H and O–H groups in total. The van der Waals surface area contributed by atoms with Gasteiger partial charge in [-0.1, -0.05) is 11.6 Å². The van der Waals surface area contributed by atoms with E-state index in [4.69, 9.17) is 4.52 Å². The van der Waals surface area contributed by atoms with Gasteiger partial charge in [-0.25, -0.2) is 9.97 Å². The van der Waals surface area contributed by atoms with Crippen molar-refractivity contribution in [2.75, 3.05) is 11.9 Å². The van der Waals surface area contributed by atoms with Crippen LogP contribution in [-0.2, 0) is 6.54 Å². The SMILES string of the molecule is CN(Cc1noc(C2CCC2)n1)c1ncnc2[nH]ncc12. The van der Waals surface area contributed by atoms with Gasteiger partial charge in [0, 0.05) is 13.0 Å². The molecular weight excluding hydrogens is 270 g/mol. The maximum Gasteiger partial charge on any atom is 0.229 e. The lowest BCUT2D eigenvalue weighted by molar-refractivity contribution is 0.291. The number of fused-ring (bicyclic) bond motifs is 1. The maximum atomic E-state index is 5.34. The second-order valence-electron chi connectivity index (χ2n) is 5.36. The molecule has 0 saturated heterocycles. The maximum absolute atomic E-state index is 5.34. The smallest absolute Gasteiger partial charge is 0.229 e. The number of aromatic nitrogens is 6. The van der Waals surface area contributed by atoms with Crippen molar-refractivity contribution in [3.63, 3.8) is 0 Å². The van der Waals surface area contributed by atoms with Crippen molar-refractivity contribution in [1.82, 2.24) is 30.3 Å². The molecule has 3 aromatic rings. The molecule has 21 heavy (non-hydrogen) atoms. The molecule has 0 atom stereocenters. The molecule has 3 heterocycles. The topological polar surface area (TPSA) is 96.6 Å². The molecule has 1 saturated carbocycles. The molecule has 0 aromatic carbocycles. The second kappa shape index (κ2) is 4.80. The van der Waals surface area contributed by atoms with Gasteiger partial charge in [0.2, 0.25) is 5.89 Å². The number of aromatic amines is 1. The highest BCUT2D eigenvalue weighted by Crippen LogP contribution is 2.35. The van der Waals surface area contributed by atoms with E-state index in [0.717, 1.165) is 35.6 Å². The fraction of sp³-hybridized carbons (Fsp3) is 0.462. The van der Waals surface area contributed by atoms with Crippen LogP contribution in [0.3, 0.4) is 0 Å². The van der Waals surface area contributed by atoms with Gasteiger partial charge in [0.05, 0.1) is 18.1 Å². The second-order valence-corrected chi connectivity index (χ2v) is 5.36. The van der Waals surface area contributed by atoms with Gasteiger partial charge in [0.25, 0.3) is 0 Å². The Balaban J connectivity index is 1.56. The lowest BCUT2D eigenvalue weighted by Gasteiger charge is -2.20. The van der Waals surface area contributed by atoms with Gasteiger partial charge in [0.1, 0.15) is 12.1 Å². The van der Waals surface area contributed by atoms with Crippen LogP contribution in [0.2, 0.25) is 0 Å². The molecule has 4 rings (SSSR count). The summed E-state index contributed by atoms with van der Waals surface area (Å²) in [6, 6.07) is 0. The van der Waals surface area contributed by atoms with Crippen molar-refractivity contribution < 1.29 is 4.52 Å². The van der Waals surface area contributed by atoms with Gasteiger partial charge in [-0.3, -0.25) is 5.10 Å². The van der Waals surface area contributed by atoms with Crippen LogP contribution in [-0.4, -0.2) is 37.4 Å². The lowest BCUT2D eigenvalue weighted by Crippen LogP contribution is -2.19. The van der Waals surface area contributed by atoms with Crippen LogP contribution in [0.15, 0.2) is 17.0 Å². The highest BCUT2D eigenvalue weighted by Gasteiger charge is 2.25. The van der Waals surface area contributed by atoms with Crippen LogP contribution >= 0.6 is 0 Å². The number of H-pyrrole nitrogens is 1. The van der Waals surface area contributed by atoms with E-state index in [1.54, 1.807) is 6.20 Å². The van der Waals surface area contributed by atoms with Crippen LogP contribution < -0.4 is 4.90 Å². The summed E-state index contributed by atoms with van der Waals surface area (Å²) in [5.41, 5.74) is 0.718. The van der Waals surface area contributed by atoms with E-state index >= 15 is 0 Å². The number of nitrogens with zero attached hydrogens (tertiary/aromatic N) is 6. The van der Waals surface area contributed by atoms with E-state index in [2.05, 4.69) is 30.3 Å². The van der Waals surface area contributed by atoms with Crippen LogP contribution in [0.4, 0.5) is 5.82 Å². The monoisotopic (exact) mass is 285 g/mol. The van der Waals surface area contributed by atoms with E-state index in [1.165, 1.54) is 12.7 Å². The van der Waals surface area contributed by atoms with Crippen molar-refractivity contribution in [2.45, 2.75) is 31.7 Å². The summed E-state index contributed by atoms with van der Waals surface area (Å²) in [6.45, 7) is 0.535. The normalized spacial score (nSPS) is 15.3. The lowest BCUT2D eigenvalue weighted by atomic mass is 9.85. The van der Waals surface area contributed by atoms with Gasteiger partial charge in [-0.05, 0) is 12.8 Å². The molecule has 0 radical (unpaired) electrons. The van der Waals surface area contributed by atoms with Crippen LogP contribution in [0.5, 0.6) is 0 Å². The average Bonchev–Trinajstić information content (AvgIpc) is 3.05. The number of nitrogens with one attached hydrogen (secondary N) is 1. The Labute approximate surface area is 120 Å². The molecule has 8 heteroatoms. The molecule has 0 unspecified atom stereocenters. The Morgan fingerprint density at radius 3 is 3.10 bits per heavy atom. The minimum Gasteiger partial charge on any atom is -0.351 e. The third-order valence-corrected chi connectivity index (χ3v) is 3.91. The average molecular weight is 285 g/mol. The highest BCUT2D eigenvalue weighted by atomic mass is 16.5. The summed E-state index contributed by atoms with van der Waals surface area (Å²) >= 11 is 0. The number of rotatable bonds is 4. The minimum absolute atomic E-state index is 0.455. The Morgan fingerprint density at radius 1 is 1.38 bits per heavy atom. The predicted octanol–water partition coefficient (Wildman–Crippen LogP) is 1.64. The van der Waals surface area contributed by atoms with Crippen molar-refractivity contribution in [3.05, 3.63) is 24.2 Å². The molecule has 108 valence electrons. The van der Waals surface area contributed by atoms with E-state index in [-0.39, 0.29) is 0 Å². The molecule has 0 bridgehead atoms. The van der Waals surface area contributed by atoms with Crippen molar-refractivity contribution in [3.8, 4) is 0 Å². The third kappa shape index (κ3) is 2.12. The fourth-order valence-electron chi connectivity index (χ4n) is 2.50. The summed E-state index contributed by atoms with van der Waals surface area (Å²) < 4.78 is 5.34. The predicted molar refractivity (Wildman–Crippen MR) is 74.7 cm³/mol. The first-order valence-electron chi connectivity index (χ1n) is 6.99. The Kier molecular flexibility index (Phi) is 2.80. The molecule has 3 aromatic heterocycles. The molecule has 0 aliphatic heterocycles. The minimum atomic E-state index is 0.455. The summed E-state index contributed by atoms with van der Waals surface area (Å²) in [6.07, 6.45) is 6.79. The van der Waals surface area contributed by atoms with Gasteiger partial charge in [-0.2, -0.15) is 10.1 Å². The molecule has 1 fully saturated rings. The molecule has 1 aliphatic carbocycles. The molecule has 1 aliphatic rings. The van der Waals surface area contributed by atoms with Crippen molar-refractivity contribution in [2.24, 2.45) is 0 Å². The number of anilines is 1. The summed E-state index contributed by atoms with van der Waals surface area (Å²) in [5, 5.41) is 11.8. The summed E-state index contributed by atoms with van der Waals surface area (Å²) in [5.74, 6) is 2.69. The Bertz CT molecular complexity index is 761. The first-order chi connectivity index (χ1) is 10.3. The highest BCUT2D eigenvalue weighted by molar-refractivity contribution is 5.85. The van der Waals surface area contributed by atoms with E-state index in [1.807, 2.05) is 11.9 Å². The zero-order valence-electron chi connectivity index (χ0n) is 11.7. The first kappa shape index (κ1) is 12.2. The molecule has 8 nitrogen and oxygen atoms in total. The Hall–Kier alpha value is -2.51. The zero-order valence-corrected chi connectivity index (χ0v) is 11.7. The Morgan fingerprint density at radius 2 is 2.29 bits per heavy atom. The van der Waals surface area contributed by atoms with Crippen molar-refractivity contribution >= 4 is 16.9 Å². The van der Waals surface area contributed by atoms with Gasteiger partial charge >= 0.3 is 0 Å². The van der Waals surface area contributed by atoms with Gasteiger partial charge < -0.3 is 9.42 Å². The quantitative estimate of drug-likeness (QED) is 0.778. The van der Waals surface area contributed by atoms with Gasteiger partial charge in [-0.15, -0.1) is 0 Å². The first-order valence-corrected chi connectivity index (χ1v) is 6.99. The number of hydrogen-bond donors (Lipinski definition) is 1. The summed E-state index contributed by atoms with van der Waals surface area (Å²) in [7, 11) is 1.94. The standard InChI is InChI=1S/C13H15N7O/c1-20(12-9-5-16-18-11(9)14-7-15-12)6-10-17-13(21-19-10)8-3-2-4-8/h5,7-8H,2-4,6H2,1H3,(H,14,15,16,18). The van der Waals surface area contributed by atoms with Crippen LogP contribution in [0.1, 0.15) is 36.9 Å². The van der Waals surface area contributed by atoms with E-state index in [0.29, 0.717) is 18.3 Å². The van der Waals surface area contributed by atoms with Crippen LogP contribution in [0, 0.1) is 0 Å². The van der Waals surface area contributed by atoms with Gasteiger partial charge in [0.15, 0.2) is 11.5 Å². The largest absolute Gasteiger partial charge is 0.351 e. The zero-order chi connectivity index (χ0) is 14.2. The van der Waals surface area contributed by atoms with Crippen molar-refractivity contribution in [1.29, 1.82) is 0 Å². The number of hydrogen-bond acceptors (Lipinski definition) is 7. The van der Waals surface area contributed by atoms with E-state index < -0.39 is 0 Å². The molecular formula is C13H15N7O. The fourth-order valence-corrected chi connectivity index (χ4v) is 2.50.